The van der Waals surface area contributed by atoms with Crippen LogP contribution in [0.2, 0.25) is 0 Å². The number of ether oxygens (including phenoxy) is 1. The van der Waals surface area contributed by atoms with Crippen molar-refractivity contribution < 1.29 is 24.2 Å². The molecular formula is C30H47N5O5. The van der Waals surface area contributed by atoms with Crippen molar-refractivity contribution >= 4 is 17.9 Å². The molecule has 5 N–H and O–H groups in total. The van der Waals surface area contributed by atoms with Gasteiger partial charge in [0.25, 0.3) is 0 Å². The molecule has 40 heavy (non-hydrogen) atoms. The van der Waals surface area contributed by atoms with Crippen molar-refractivity contribution in [2.24, 2.45) is 11.7 Å². The molecule has 2 saturated carbocycles. The summed E-state index contributed by atoms with van der Waals surface area (Å²) >= 11 is 0. The highest BCUT2D eigenvalue weighted by atomic mass is 16.5. The highest BCUT2D eigenvalue weighted by Gasteiger charge is 2.40. The van der Waals surface area contributed by atoms with Gasteiger partial charge in [-0.25, -0.2) is 4.79 Å². The van der Waals surface area contributed by atoms with Crippen LogP contribution < -0.4 is 21.1 Å². The molecule has 3 amide bonds. The minimum atomic E-state index is -1.08. The number of carbonyl (C=O) groups is 3. The van der Waals surface area contributed by atoms with Crippen LogP contribution in [0.3, 0.4) is 0 Å². The number of hydrogen-bond donors (Lipinski definition) is 4. The zero-order valence-corrected chi connectivity index (χ0v) is 23.9. The topological polar surface area (TPSA) is 137 Å². The highest BCUT2D eigenvalue weighted by molar-refractivity contribution is 5.90. The molecule has 0 radical (unpaired) electrons. The van der Waals surface area contributed by atoms with E-state index in [-0.39, 0.29) is 44.0 Å². The van der Waals surface area contributed by atoms with E-state index in [1.165, 1.54) is 43.4 Å². The van der Waals surface area contributed by atoms with Gasteiger partial charge in [0, 0.05) is 37.8 Å². The molecule has 1 heterocycles. The number of benzene rings is 1. The minimum Gasteiger partial charge on any atom is -0.496 e. The molecule has 2 atom stereocenters. The summed E-state index contributed by atoms with van der Waals surface area (Å²) in [4.78, 5) is 42.4. The smallest absolute Gasteiger partial charge is 0.407 e. The van der Waals surface area contributed by atoms with Crippen molar-refractivity contribution in [3.05, 3.63) is 29.3 Å². The molecule has 4 rings (SSSR count). The molecule has 0 aromatic heterocycles. The third-order valence-electron chi connectivity index (χ3n) is 8.91. The van der Waals surface area contributed by atoms with Crippen LogP contribution in [0.4, 0.5) is 4.79 Å². The van der Waals surface area contributed by atoms with Crippen molar-refractivity contribution in [2.75, 3.05) is 26.7 Å². The van der Waals surface area contributed by atoms with Crippen LogP contribution >= 0.6 is 0 Å². The van der Waals surface area contributed by atoms with Crippen LogP contribution in [0.25, 0.3) is 0 Å². The van der Waals surface area contributed by atoms with Crippen molar-refractivity contribution in [3.63, 3.8) is 0 Å². The Morgan fingerprint density at radius 2 is 1.75 bits per heavy atom. The summed E-state index contributed by atoms with van der Waals surface area (Å²) in [5, 5.41) is 16.3. The first-order valence-corrected chi connectivity index (χ1v) is 15.1. The number of rotatable bonds is 10. The van der Waals surface area contributed by atoms with E-state index in [1.54, 1.807) is 12.0 Å². The molecule has 10 nitrogen and oxygen atoms in total. The lowest BCUT2D eigenvalue weighted by atomic mass is 9.83. The summed E-state index contributed by atoms with van der Waals surface area (Å²) in [6.07, 6.45) is 11.3. The van der Waals surface area contributed by atoms with Gasteiger partial charge in [0.2, 0.25) is 11.8 Å². The molecule has 1 aliphatic heterocycles. The zero-order valence-electron chi connectivity index (χ0n) is 23.9. The lowest BCUT2D eigenvalue weighted by molar-refractivity contribution is -0.145. The van der Waals surface area contributed by atoms with E-state index in [2.05, 4.69) is 10.6 Å². The SMILES string of the molecule is COc1cc(CNC(=O)[C@@H]2CN(C(=O)O)CCN2C(=O)C(CC2CCCCC2)NC2CCCCC2)ccc1CN. The predicted molar refractivity (Wildman–Crippen MR) is 153 cm³/mol. The lowest BCUT2D eigenvalue weighted by Gasteiger charge is -2.42. The average Bonchev–Trinajstić information content (AvgIpc) is 2.99. The standard InChI is InChI=1S/C30H47N5O5/c1-40-27-17-22(12-13-23(27)18-31)19-32-28(36)26-20-34(30(38)39)14-15-35(26)29(37)25(16-21-8-4-2-5-9-21)33-24-10-6-3-7-11-24/h12-13,17,21,24-26,33H,2-11,14-16,18-20,31H2,1H3,(H,32,36)(H,38,39)/t25?,26-/m0/s1. The predicted octanol–water partition coefficient (Wildman–Crippen LogP) is 3.22. The second kappa shape index (κ2) is 14.7. The number of nitrogens with two attached hydrogens (primary N) is 1. The summed E-state index contributed by atoms with van der Waals surface area (Å²) in [5.41, 5.74) is 7.48. The number of piperazine rings is 1. The molecule has 1 unspecified atom stereocenters. The van der Waals surface area contributed by atoms with Gasteiger partial charge in [0.1, 0.15) is 11.8 Å². The van der Waals surface area contributed by atoms with Crippen LogP contribution in [0.15, 0.2) is 18.2 Å². The van der Waals surface area contributed by atoms with Crippen molar-refractivity contribution in [1.29, 1.82) is 0 Å². The first-order chi connectivity index (χ1) is 19.4. The Kier molecular flexibility index (Phi) is 11.1. The van der Waals surface area contributed by atoms with Gasteiger partial charge in [-0.15, -0.1) is 0 Å². The molecule has 1 aromatic rings. The molecule has 0 bridgehead atoms. The highest BCUT2D eigenvalue weighted by Crippen LogP contribution is 2.29. The minimum absolute atomic E-state index is 0.0398. The largest absolute Gasteiger partial charge is 0.496 e. The van der Waals surface area contributed by atoms with E-state index < -0.39 is 12.1 Å². The van der Waals surface area contributed by atoms with Crippen molar-refractivity contribution in [3.8, 4) is 5.75 Å². The van der Waals surface area contributed by atoms with Gasteiger partial charge in [-0.05, 0) is 36.8 Å². The van der Waals surface area contributed by atoms with Gasteiger partial charge in [-0.2, -0.15) is 0 Å². The number of carboxylic acid groups (broad SMARTS) is 1. The van der Waals surface area contributed by atoms with E-state index in [4.69, 9.17) is 10.5 Å². The Morgan fingerprint density at radius 1 is 1.05 bits per heavy atom. The van der Waals surface area contributed by atoms with E-state index in [1.807, 2.05) is 18.2 Å². The van der Waals surface area contributed by atoms with Crippen LogP contribution in [-0.4, -0.2) is 77.7 Å². The Hall–Kier alpha value is -2.85. The molecule has 0 spiro atoms. The van der Waals surface area contributed by atoms with Crippen molar-refractivity contribution in [1.82, 2.24) is 20.4 Å². The van der Waals surface area contributed by atoms with Gasteiger partial charge >= 0.3 is 6.09 Å². The maximum Gasteiger partial charge on any atom is 0.407 e. The first kappa shape index (κ1) is 30.1. The average molecular weight is 558 g/mol. The number of hydrogen-bond acceptors (Lipinski definition) is 6. The van der Waals surface area contributed by atoms with Gasteiger partial charge < -0.3 is 36.0 Å². The summed E-state index contributed by atoms with van der Waals surface area (Å²) in [7, 11) is 1.58. The number of amides is 3. The van der Waals surface area contributed by atoms with E-state index in [9.17, 15) is 19.5 Å². The molecule has 3 fully saturated rings. The molecule has 222 valence electrons. The summed E-state index contributed by atoms with van der Waals surface area (Å²) in [6, 6.07) is 4.66. The number of methoxy groups -OCH3 is 1. The van der Waals surface area contributed by atoms with Gasteiger partial charge in [0.15, 0.2) is 0 Å². The third-order valence-corrected chi connectivity index (χ3v) is 8.91. The van der Waals surface area contributed by atoms with Gasteiger partial charge in [-0.3, -0.25) is 9.59 Å². The summed E-state index contributed by atoms with van der Waals surface area (Å²) in [6.45, 7) is 0.939. The number of nitrogens with one attached hydrogen (secondary N) is 2. The Bertz CT molecular complexity index is 988. The fourth-order valence-corrected chi connectivity index (χ4v) is 6.57. The molecule has 3 aliphatic rings. The monoisotopic (exact) mass is 557 g/mol. The van der Waals surface area contributed by atoms with Crippen LogP contribution in [0, 0.1) is 5.92 Å². The second-order valence-corrected chi connectivity index (χ2v) is 11.6. The van der Waals surface area contributed by atoms with E-state index in [0.29, 0.717) is 24.3 Å². The van der Waals surface area contributed by atoms with Crippen LogP contribution in [0.5, 0.6) is 5.75 Å². The maximum absolute atomic E-state index is 14.2. The van der Waals surface area contributed by atoms with Gasteiger partial charge in [0.05, 0.1) is 19.7 Å². The fraction of sp³-hybridized carbons (Fsp3) is 0.700. The zero-order chi connectivity index (χ0) is 28.5. The van der Waals surface area contributed by atoms with Crippen molar-refractivity contribution in [2.45, 2.75) is 102 Å². The molecule has 1 aromatic carbocycles. The van der Waals surface area contributed by atoms with Crippen LogP contribution in [0.1, 0.15) is 81.8 Å². The number of carbonyl (C=O) groups excluding carboxylic acids is 2. The normalized spacial score (nSPS) is 21.6. The number of nitrogens with zero attached hydrogens (tertiary/aromatic N) is 2. The lowest BCUT2D eigenvalue weighted by Crippen LogP contribution is -2.64. The second-order valence-electron chi connectivity index (χ2n) is 11.6. The maximum atomic E-state index is 14.2. The molecule has 10 heteroatoms. The van der Waals surface area contributed by atoms with E-state index >= 15 is 0 Å². The summed E-state index contributed by atoms with van der Waals surface area (Å²) < 4.78 is 5.42. The quantitative estimate of drug-likeness (QED) is 0.347. The third kappa shape index (κ3) is 7.87. The Labute approximate surface area is 238 Å². The molecule has 2 aliphatic carbocycles. The first-order valence-electron chi connectivity index (χ1n) is 15.1. The molecular weight excluding hydrogens is 510 g/mol. The van der Waals surface area contributed by atoms with Gasteiger partial charge in [-0.1, -0.05) is 63.5 Å². The van der Waals surface area contributed by atoms with Crippen LogP contribution in [-0.2, 0) is 22.7 Å². The fourth-order valence-electron chi connectivity index (χ4n) is 6.57. The summed E-state index contributed by atoms with van der Waals surface area (Å²) in [5.74, 6) is 0.725. The Morgan fingerprint density at radius 3 is 2.40 bits per heavy atom. The molecule has 1 saturated heterocycles. The van der Waals surface area contributed by atoms with E-state index in [0.717, 1.165) is 43.2 Å². The Balaban J connectivity index is 1.49.